The van der Waals surface area contributed by atoms with Crippen LogP contribution in [-0.2, 0) is 20.8 Å². The Balaban J connectivity index is 2.46. The van der Waals surface area contributed by atoms with E-state index in [1.54, 1.807) is 6.07 Å². The van der Waals surface area contributed by atoms with Crippen molar-refractivity contribution in [2.24, 2.45) is 0 Å². The Hall–Kier alpha value is -2.44. The highest BCUT2D eigenvalue weighted by Crippen LogP contribution is 2.04. The van der Waals surface area contributed by atoms with Gasteiger partial charge in [0.05, 0.1) is 13.0 Å². The van der Waals surface area contributed by atoms with Gasteiger partial charge < -0.3 is 15.3 Å². The molecule has 0 fully saturated rings. The molecule has 0 aromatic heterocycles. The maximum atomic E-state index is 13.0. The topological polar surface area (TPSA) is 86.7 Å². The fourth-order valence-electron chi connectivity index (χ4n) is 1.58. The van der Waals surface area contributed by atoms with Crippen molar-refractivity contribution in [2.75, 3.05) is 13.6 Å². The fraction of sp³-hybridized carbons (Fsp3) is 0.357. The molecule has 0 spiro atoms. The Morgan fingerprint density at radius 2 is 2.05 bits per heavy atom. The molecule has 2 amide bonds. The number of carbonyl (C=O) groups is 3. The number of nitrogens with zero attached hydrogens (tertiary/aromatic N) is 1. The van der Waals surface area contributed by atoms with Gasteiger partial charge in [0.25, 0.3) is 0 Å². The lowest BCUT2D eigenvalue weighted by Crippen LogP contribution is -2.45. The molecule has 0 heterocycles. The highest BCUT2D eigenvalue weighted by atomic mass is 19.1. The molecule has 0 aliphatic carbocycles. The minimum absolute atomic E-state index is 0.0523. The van der Waals surface area contributed by atoms with Crippen molar-refractivity contribution in [3.63, 3.8) is 0 Å². The Bertz CT molecular complexity index is 548. The number of rotatable bonds is 6. The third-order valence-corrected chi connectivity index (χ3v) is 3.02. The summed E-state index contributed by atoms with van der Waals surface area (Å²) in [6.07, 6.45) is -0.0523. The Morgan fingerprint density at radius 1 is 1.38 bits per heavy atom. The van der Waals surface area contributed by atoms with Gasteiger partial charge in [0.1, 0.15) is 11.9 Å². The van der Waals surface area contributed by atoms with E-state index in [-0.39, 0.29) is 13.0 Å². The standard InChI is InChI=1S/C14H17FN2O4/c1-9(14(20)21)17(2)13(19)8-16-12(18)7-10-4-3-5-11(15)6-10/h3-6,9H,7-8H2,1-2H3,(H,16,18)(H,20,21). The largest absolute Gasteiger partial charge is 0.480 e. The summed E-state index contributed by atoms with van der Waals surface area (Å²) in [6.45, 7) is 1.07. The molecular formula is C14H17FN2O4. The molecule has 6 nitrogen and oxygen atoms in total. The number of likely N-dealkylation sites (N-methyl/N-ethyl adjacent to an activating group) is 1. The van der Waals surface area contributed by atoms with E-state index in [1.807, 2.05) is 0 Å². The first-order valence-electron chi connectivity index (χ1n) is 6.31. The molecule has 114 valence electrons. The first kappa shape index (κ1) is 16.6. The summed E-state index contributed by atoms with van der Waals surface area (Å²) in [5.74, 6) is -2.52. The van der Waals surface area contributed by atoms with Gasteiger partial charge in [-0.15, -0.1) is 0 Å². The summed E-state index contributed by atoms with van der Waals surface area (Å²) in [6, 6.07) is 4.62. The number of carbonyl (C=O) groups excluding carboxylic acids is 2. The highest BCUT2D eigenvalue weighted by molar-refractivity contribution is 5.88. The Kier molecular flexibility index (Phi) is 5.83. The van der Waals surface area contributed by atoms with Crippen molar-refractivity contribution in [3.8, 4) is 0 Å². The van der Waals surface area contributed by atoms with Crippen molar-refractivity contribution in [1.29, 1.82) is 0 Å². The van der Waals surface area contributed by atoms with Gasteiger partial charge in [-0.1, -0.05) is 12.1 Å². The van der Waals surface area contributed by atoms with Crippen LogP contribution in [0.15, 0.2) is 24.3 Å². The van der Waals surface area contributed by atoms with Crippen molar-refractivity contribution in [3.05, 3.63) is 35.6 Å². The molecule has 2 N–H and O–H groups in total. The minimum Gasteiger partial charge on any atom is -0.480 e. The lowest BCUT2D eigenvalue weighted by molar-refractivity contribution is -0.148. The minimum atomic E-state index is -1.13. The van der Waals surface area contributed by atoms with Crippen LogP contribution in [0.1, 0.15) is 12.5 Å². The quantitative estimate of drug-likeness (QED) is 0.796. The summed E-state index contributed by atoms with van der Waals surface area (Å²) in [4.78, 5) is 35.1. The van der Waals surface area contributed by atoms with Crippen LogP contribution in [0.4, 0.5) is 4.39 Å². The van der Waals surface area contributed by atoms with E-state index in [1.165, 1.54) is 32.2 Å². The van der Waals surface area contributed by atoms with E-state index in [9.17, 15) is 18.8 Å². The van der Waals surface area contributed by atoms with E-state index >= 15 is 0 Å². The number of amides is 2. The van der Waals surface area contributed by atoms with Crippen LogP contribution in [0.3, 0.4) is 0 Å². The zero-order valence-electron chi connectivity index (χ0n) is 11.8. The number of aliphatic carboxylic acids is 1. The van der Waals surface area contributed by atoms with Gasteiger partial charge in [-0.05, 0) is 24.6 Å². The lowest BCUT2D eigenvalue weighted by Gasteiger charge is -2.21. The molecule has 0 radical (unpaired) electrons. The molecule has 1 aromatic rings. The van der Waals surface area contributed by atoms with E-state index < -0.39 is 29.6 Å². The second-order valence-corrected chi connectivity index (χ2v) is 4.60. The molecule has 0 aliphatic rings. The maximum absolute atomic E-state index is 13.0. The van der Waals surface area contributed by atoms with Crippen LogP contribution in [0.5, 0.6) is 0 Å². The monoisotopic (exact) mass is 296 g/mol. The highest BCUT2D eigenvalue weighted by Gasteiger charge is 2.21. The van der Waals surface area contributed by atoms with E-state index in [2.05, 4.69) is 5.32 Å². The molecule has 21 heavy (non-hydrogen) atoms. The molecular weight excluding hydrogens is 279 g/mol. The number of hydrogen-bond acceptors (Lipinski definition) is 3. The number of halogens is 1. The Morgan fingerprint density at radius 3 is 2.62 bits per heavy atom. The van der Waals surface area contributed by atoms with Crippen LogP contribution in [0.25, 0.3) is 0 Å². The first-order valence-corrected chi connectivity index (χ1v) is 6.31. The SMILES string of the molecule is CC(C(=O)O)N(C)C(=O)CNC(=O)Cc1cccc(F)c1. The van der Waals surface area contributed by atoms with Gasteiger partial charge in [-0.25, -0.2) is 9.18 Å². The van der Waals surface area contributed by atoms with Gasteiger partial charge in [0.2, 0.25) is 11.8 Å². The van der Waals surface area contributed by atoms with Gasteiger partial charge in [0, 0.05) is 7.05 Å². The van der Waals surface area contributed by atoms with Crippen molar-refractivity contribution >= 4 is 17.8 Å². The average Bonchev–Trinajstić information content (AvgIpc) is 2.43. The molecule has 0 saturated carbocycles. The molecule has 0 bridgehead atoms. The van der Waals surface area contributed by atoms with Gasteiger partial charge in [0.15, 0.2) is 0 Å². The van der Waals surface area contributed by atoms with Crippen molar-refractivity contribution in [1.82, 2.24) is 10.2 Å². The molecule has 1 aromatic carbocycles. The van der Waals surface area contributed by atoms with Crippen LogP contribution in [0, 0.1) is 5.82 Å². The molecule has 1 rings (SSSR count). The van der Waals surface area contributed by atoms with E-state index in [0.29, 0.717) is 5.56 Å². The zero-order valence-corrected chi connectivity index (χ0v) is 11.8. The van der Waals surface area contributed by atoms with Crippen LogP contribution in [-0.4, -0.2) is 47.4 Å². The second-order valence-electron chi connectivity index (χ2n) is 4.60. The summed E-state index contributed by atoms with van der Waals surface area (Å²) >= 11 is 0. The smallest absolute Gasteiger partial charge is 0.326 e. The van der Waals surface area contributed by atoms with Gasteiger partial charge >= 0.3 is 5.97 Å². The summed E-state index contributed by atoms with van der Waals surface area (Å²) in [5, 5.41) is 11.2. The number of nitrogens with one attached hydrogen (secondary N) is 1. The summed E-state index contributed by atoms with van der Waals surface area (Å²) < 4.78 is 13.0. The predicted octanol–water partition coefficient (Wildman–Crippen LogP) is 0.416. The predicted molar refractivity (Wildman–Crippen MR) is 73.0 cm³/mol. The number of carboxylic acids is 1. The van der Waals surface area contributed by atoms with Crippen molar-refractivity contribution < 1.29 is 23.9 Å². The second kappa shape index (κ2) is 7.37. The number of benzene rings is 1. The van der Waals surface area contributed by atoms with Crippen LogP contribution >= 0.6 is 0 Å². The van der Waals surface area contributed by atoms with Crippen LogP contribution in [0.2, 0.25) is 0 Å². The summed E-state index contributed by atoms with van der Waals surface area (Å²) in [5.41, 5.74) is 0.493. The Labute approximate surface area is 121 Å². The van der Waals surface area contributed by atoms with E-state index in [4.69, 9.17) is 5.11 Å². The molecule has 0 saturated heterocycles. The van der Waals surface area contributed by atoms with E-state index in [0.717, 1.165) is 4.90 Å². The van der Waals surface area contributed by atoms with Crippen molar-refractivity contribution in [2.45, 2.75) is 19.4 Å². The molecule has 1 unspecified atom stereocenters. The third-order valence-electron chi connectivity index (χ3n) is 3.02. The number of carboxylic acid groups (broad SMARTS) is 1. The molecule has 7 heteroatoms. The van der Waals surface area contributed by atoms with Gasteiger partial charge in [-0.3, -0.25) is 9.59 Å². The molecule has 0 aliphatic heterocycles. The maximum Gasteiger partial charge on any atom is 0.326 e. The van der Waals surface area contributed by atoms with Crippen LogP contribution < -0.4 is 5.32 Å². The lowest BCUT2D eigenvalue weighted by atomic mass is 10.1. The average molecular weight is 296 g/mol. The normalized spacial score (nSPS) is 11.6. The third kappa shape index (κ3) is 5.21. The summed E-state index contributed by atoms with van der Waals surface area (Å²) in [7, 11) is 1.35. The molecule has 1 atom stereocenters. The first-order chi connectivity index (χ1) is 9.81. The fourth-order valence-corrected chi connectivity index (χ4v) is 1.58. The van der Waals surface area contributed by atoms with Gasteiger partial charge in [-0.2, -0.15) is 0 Å². The number of hydrogen-bond donors (Lipinski definition) is 2. The zero-order chi connectivity index (χ0) is 16.0.